The molecule has 166 valence electrons. The Labute approximate surface area is 181 Å². The van der Waals surface area contributed by atoms with Crippen LogP contribution >= 0.6 is 0 Å². The number of methoxy groups -OCH3 is 1. The highest BCUT2D eigenvalue weighted by Gasteiger charge is 2.27. The van der Waals surface area contributed by atoms with Crippen molar-refractivity contribution in [3.05, 3.63) is 48.3 Å². The number of Topliss-reactive ketones (excluding diaryl/α,β-unsaturated/α-hetero) is 1. The molecule has 31 heavy (non-hydrogen) atoms. The molecule has 0 radical (unpaired) electrons. The van der Waals surface area contributed by atoms with Gasteiger partial charge in [0, 0.05) is 25.6 Å². The van der Waals surface area contributed by atoms with Gasteiger partial charge in [0.15, 0.2) is 17.2 Å². The van der Waals surface area contributed by atoms with Gasteiger partial charge in [0.1, 0.15) is 18.0 Å². The fourth-order valence-corrected chi connectivity index (χ4v) is 2.70. The lowest BCUT2D eigenvalue weighted by Gasteiger charge is -2.23. The summed E-state index contributed by atoms with van der Waals surface area (Å²) < 4.78 is 21.5. The minimum atomic E-state index is -0.739. The molecule has 0 saturated heterocycles. The van der Waals surface area contributed by atoms with Crippen molar-refractivity contribution in [1.82, 2.24) is 4.98 Å². The standard InChI is InChI=1S/C23H27NO7/c1-14(23(27)30-16(3)15(2)29-18-9-7-6-8-10-18)13-19(26)21-22(31-17(4)25)20(28-5)11-12-24-21/h6-12,14-16H,13H2,1-5H3/t14-,15+,16-/m1/s1. The van der Waals surface area contributed by atoms with E-state index in [9.17, 15) is 14.4 Å². The van der Waals surface area contributed by atoms with Crippen LogP contribution in [0.3, 0.4) is 0 Å². The zero-order chi connectivity index (χ0) is 23.0. The summed E-state index contributed by atoms with van der Waals surface area (Å²) in [6.07, 6.45) is 0.280. The fourth-order valence-electron chi connectivity index (χ4n) is 2.70. The Morgan fingerprint density at radius 3 is 2.29 bits per heavy atom. The molecule has 0 aliphatic rings. The van der Waals surface area contributed by atoms with E-state index in [0.29, 0.717) is 5.75 Å². The maximum absolute atomic E-state index is 12.7. The zero-order valence-electron chi connectivity index (χ0n) is 18.3. The molecule has 1 aromatic carbocycles. The predicted octanol–water partition coefficient (Wildman–Crippen LogP) is 3.62. The van der Waals surface area contributed by atoms with E-state index >= 15 is 0 Å². The molecule has 8 nitrogen and oxygen atoms in total. The van der Waals surface area contributed by atoms with Crippen LogP contribution in [0.1, 0.15) is 44.6 Å². The van der Waals surface area contributed by atoms with Crippen LogP contribution in [-0.4, -0.2) is 42.0 Å². The summed E-state index contributed by atoms with van der Waals surface area (Å²) in [7, 11) is 1.39. The lowest BCUT2D eigenvalue weighted by atomic mass is 10.0. The summed E-state index contributed by atoms with van der Waals surface area (Å²) in [5.74, 6) is -1.57. The molecule has 0 fully saturated rings. The number of para-hydroxylation sites is 1. The Hall–Kier alpha value is -3.42. The van der Waals surface area contributed by atoms with Gasteiger partial charge in [0.25, 0.3) is 0 Å². The number of carbonyl (C=O) groups is 3. The Morgan fingerprint density at radius 2 is 1.68 bits per heavy atom. The summed E-state index contributed by atoms with van der Waals surface area (Å²) in [6, 6.07) is 10.7. The SMILES string of the molecule is COc1ccnc(C(=O)C[C@@H](C)C(=O)O[C@H](C)[C@H](C)Oc2ccccc2)c1OC(C)=O. The van der Waals surface area contributed by atoms with Gasteiger partial charge in [0.05, 0.1) is 13.0 Å². The van der Waals surface area contributed by atoms with Crippen LogP contribution in [0.25, 0.3) is 0 Å². The summed E-state index contributed by atoms with van der Waals surface area (Å²) >= 11 is 0. The molecule has 0 aliphatic carbocycles. The molecule has 2 rings (SSSR count). The van der Waals surface area contributed by atoms with E-state index in [1.54, 1.807) is 20.8 Å². The second-order valence-electron chi connectivity index (χ2n) is 7.09. The highest BCUT2D eigenvalue weighted by atomic mass is 16.6. The molecule has 1 heterocycles. The second kappa shape index (κ2) is 11.1. The number of ether oxygens (including phenoxy) is 4. The van der Waals surface area contributed by atoms with Crippen molar-refractivity contribution in [3.63, 3.8) is 0 Å². The molecular formula is C23H27NO7. The van der Waals surface area contributed by atoms with E-state index < -0.39 is 29.7 Å². The van der Waals surface area contributed by atoms with Gasteiger partial charge in [-0.2, -0.15) is 0 Å². The Bertz CT molecular complexity index is 913. The molecule has 0 spiro atoms. The molecule has 3 atom stereocenters. The molecule has 0 N–H and O–H groups in total. The molecular weight excluding hydrogens is 402 g/mol. The van der Waals surface area contributed by atoms with Crippen LogP contribution in [0, 0.1) is 5.92 Å². The number of carbonyl (C=O) groups excluding carboxylic acids is 3. The second-order valence-corrected chi connectivity index (χ2v) is 7.09. The van der Waals surface area contributed by atoms with Crippen molar-refractivity contribution in [2.75, 3.05) is 7.11 Å². The Morgan fingerprint density at radius 1 is 1.00 bits per heavy atom. The summed E-state index contributed by atoms with van der Waals surface area (Å²) in [6.45, 7) is 6.32. The van der Waals surface area contributed by atoms with Crippen molar-refractivity contribution in [3.8, 4) is 17.2 Å². The average molecular weight is 429 g/mol. The van der Waals surface area contributed by atoms with Crippen LogP contribution in [0.2, 0.25) is 0 Å². The fraction of sp³-hybridized carbons (Fsp3) is 0.391. The van der Waals surface area contributed by atoms with E-state index in [2.05, 4.69) is 4.98 Å². The molecule has 0 aliphatic heterocycles. The van der Waals surface area contributed by atoms with Crippen molar-refractivity contribution in [2.45, 2.75) is 46.3 Å². The van der Waals surface area contributed by atoms with E-state index in [4.69, 9.17) is 18.9 Å². The monoisotopic (exact) mass is 429 g/mol. The number of hydrogen-bond donors (Lipinski definition) is 0. The molecule has 0 amide bonds. The quantitative estimate of drug-likeness (QED) is 0.417. The normalized spacial score (nSPS) is 13.5. The number of rotatable bonds is 10. The predicted molar refractivity (Wildman–Crippen MR) is 112 cm³/mol. The third-order valence-corrected chi connectivity index (χ3v) is 4.52. The Balaban J connectivity index is 2.01. The van der Waals surface area contributed by atoms with Gasteiger partial charge in [-0.25, -0.2) is 4.98 Å². The molecule has 1 aromatic heterocycles. The largest absolute Gasteiger partial charge is 0.493 e. The number of benzene rings is 1. The zero-order valence-corrected chi connectivity index (χ0v) is 18.3. The molecule has 2 aromatic rings. The number of aromatic nitrogens is 1. The van der Waals surface area contributed by atoms with Crippen molar-refractivity contribution >= 4 is 17.7 Å². The molecule has 0 saturated carbocycles. The van der Waals surface area contributed by atoms with Crippen LogP contribution < -0.4 is 14.2 Å². The lowest BCUT2D eigenvalue weighted by molar-refractivity contribution is -0.156. The highest BCUT2D eigenvalue weighted by Crippen LogP contribution is 2.31. The van der Waals surface area contributed by atoms with Crippen LogP contribution in [0.15, 0.2) is 42.6 Å². The van der Waals surface area contributed by atoms with Gasteiger partial charge < -0.3 is 18.9 Å². The van der Waals surface area contributed by atoms with Gasteiger partial charge in [0.2, 0.25) is 5.75 Å². The minimum Gasteiger partial charge on any atom is -0.493 e. The van der Waals surface area contributed by atoms with Crippen molar-refractivity contribution in [2.24, 2.45) is 5.92 Å². The third-order valence-electron chi connectivity index (χ3n) is 4.52. The van der Waals surface area contributed by atoms with Crippen LogP contribution in [-0.2, 0) is 14.3 Å². The first-order valence-electron chi connectivity index (χ1n) is 9.89. The average Bonchev–Trinajstić information content (AvgIpc) is 2.73. The third kappa shape index (κ3) is 6.80. The lowest BCUT2D eigenvalue weighted by Crippen LogP contribution is -2.33. The van der Waals surface area contributed by atoms with E-state index in [-0.39, 0.29) is 29.7 Å². The summed E-state index contributed by atoms with van der Waals surface area (Å²) in [5, 5.41) is 0. The number of esters is 2. The van der Waals surface area contributed by atoms with Gasteiger partial charge in [-0.05, 0) is 26.0 Å². The number of hydrogen-bond acceptors (Lipinski definition) is 8. The Kier molecular flexibility index (Phi) is 8.54. The van der Waals surface area contributed by atoms with E-state index in [1.807, 2.05) is 30.3 Å². The first-order valence-corrected chi connectivity index (χ1v) is 9.89. The summed E-state index contributed by atoms with van der Waals surface area (Å²) in [5.41, 5.74) is -0.0805. The van der Waals surface area contributed by atoms with Crippen molar-refractivity contribution in [1.29, 1.82) is 0 Å². The van der Waals surface area contributed by atoms with Crippen molar-refractivity contribution < 1.29 is 33.3 Å². The van der Waals surface area contributed by atoms with E-state index in [1.165, 1.54) is 26.3 Å². The van der Waals surface area contributed by atoms with Crippen LogP contribution in [0.4, 0.5) is 0 Å². The number of pyridine rings is 1. The maximum atomic E-state index is 12.7. The molecule has 0 unspecified atom stereocenters. The minimum absolute atomic E-state index is 0.0682. The molecule has 8 heteroatoms. The highest BCUT2D eigenvalue weighted by molar-refractivity contribution is 5.99. The van der Waals surface area contributed by atoms with Crippen LogP contribution in [0.5, 0.6) is 17.2 Å². The maximum Gasteiger partial charge on any atom is 0.309 e. The molecule has 0 bridgehead atoms. The van der Waals surface area contributed by atoms with E-state index in [0.717, 1.165) is 0 Å². The first-order chi connectivity index (χ1) is 14.7. The first kappa shape index (κ1) is 23.9. The number of ketones is 1. The summed E-state index contributed by atoms with van der Waals surface area (Å²) in [4.78, 5) is 40.7. The van der Waals surface area contributed by atoms with Gasteiger partial charge in [-0.1, -0.05) is 25.1 Å². The van der Waals surface area contributed by atoms with Gasteiger partial charge in [-0.3, -0.25) is 14.4 Å². The number of nitrogens with zero attached hydrogens (tertiary/aromatic N) is 1. The van der Waals surface area contributed by atoms with Gasteiger partial charge >= 0.3 is 11.9 Å². The smallest absolute Gasteiger partial charge is 0.309 e. The van der Waals surface area contributed by atoms with Gasteiger partial charge in [-0.15, -0.1) is 0 Å². The topological polar surface area (TPSA) is 101 Å².